The van der Waals surface area contributed by atoms with Gasteiger partial charge in [0, 0.05) is 33.2 Å². The fourth-order valence-electron chi connectivity index (χ4n) is 7.12. The summed E-state index contributed by atoms with van der Waals surface area (Å²) in [5, 5.41) is 13.6. The fourth-order valence-corrected chi connectivity index (χ4v) is 7.12. The number of hydrogen-bond donors (Lipinski definition) is 5. The molecule has 1 spiro atoms. The van der Waals surface area contributed by atoms with Crippen LogP contribution < -0.4 is 26.6 Å². The maximum atomic E-state index is 12.8. The van der Waals surface area contributed by atoms with Crippen LogP contribution in [0.1, 0.15) is 59.4 Å². The molecule has 2 aliphatic heterocycles. The Balaban J connectivity index is 0.00000841. The summed E-state index contributed by atoms with van der Waals surface area (Å²) in [5.41, 5.74) is 1.47. The molecule has 5 N–H and O–H groups in total. The first-order chi connectivity index (χ1) is 26.5. The van der Waals surface area contributed by atoms with Crippen LogP contribution >= 0.6 is 0 Å². The van der Waals surface area contributed by atoms with Crippen molar-refractivity contribution in [3.8, 4) is 0 Å². The average molecular weight is 790 g/mol. The van der Waals surface area contributed by atoms with E-state index in [1.807, 2.05) is 30.3 Å². The molecule has 1 aromatic carbocycles. The van der Waals surface area contributed by atoms with Gasteiger partial charge in [0.1, 0.15) is 29.7 Å². The van der Waals surface area contributed by atoms with Crippen molar-refractivity contribution in [2.45, 2.75) is 95.9 Å². The molecule has 4 rings (SSSR count). The first-order valence-corrected chi connectivity index (χ1v) is 19.1. The van der Waals surface area contributed by atoms with Gasteiger partial charge in [0.2, 0.25) is 17.7 Å². The standard InChI is InChI=1S/C39H59N5O11.CH4/c1-27(2)10-11-31-38(3,55-31)35-34(50-4)30(12-14-39(35)26-53-39)54-37(49)43-18-21-52-23-22-51-20-17-42-32(46)13-15-40-29(24-28-8-6-5-7-9-28)36(48)44-25-33(47)41-16-19-45;/h5-10,19,29-31,34-35,40H,11-18,20-26H2,1-4H3,(H,41,47)(H,42,46)(H,43,49)(H,44,48);1H4/t29-,30?,31+,34?,35?,38-,39-;/m0./s1. The minimum absolute atomic E-state index is 0. The fraction of sp³-hybridized carbons (Fsp3) is 0.675. The summed E-state index contributed by atoms with van der Waals surface area (Å²) in [6, 6.07) is 8.71. The third-order valence-corrected chi connectivity index (χ3v) is 10.1. The molecule has 1 aromatic rings. The second-order valence-corrected chi connectivity index (χ2v) is 14.5. The number of hydrogen-bond acceptors (Lipinski definition) is 12. The molecule has 1 saturated carbocycles. The highest BCUT2D eigenvalue weighted by Gasteiger charge is 2.72. The molecule has 2 heterocycles. The number of benzene rings is 1. The molecule has 16 nitrogen and oxygen atoms in total. The van der Waals surface area contributed by atoms with Gasteiger partial charge in [0.15, 0.2) is 0 Å². The molecule has 7 atom stereocenters. The molecular formula is C40H63N5O11. The molecular weight excluding hydrogens is 726 g/mol. The lowest BCUT2D eigenvalue weighted by Crippen LogP contribution is -2.56. The van der Waals surface area contributed by atoms with Crippen LogP contribution in [0.5, 0.6) is 0 Å². The van der Waals surface area contributed by atoms with Crippen molar-refractivity contribution in [2.24, 2.45) is 5.92 Å². The molecule has 0 bridgehead atoms. The number of ether oxygens (including phenoxy) is 6. The summed E-state index contributed by atoms with van der Waals surface area (Å²) in [4.78, 5) is 60.1. The summed E-state index contributed by atoms with van der Waals surface area (Å²) in [5.74, 6) is -1.13. The predicted octanol–water partition coefficient (Wildman–Crippen LogP) is 1.60. The van der Waals surface area contributed by atoms with Gasteiger partial charge in [-0.25, -0.2) is 4.79 Å². The van der Waals surface area contributed by atoms with Crippen LogP contribution in [0, 0.1) is 5.92 Å². The minimum Gasteiger partial charge on any atom is -0.443 e. The number of allylic oxidation sites excluding steroid dienone is 1. The summed E-state index contributed by atoms with van der Waals surface area (Å²) in [6.45, 7) is 8.50. The van der Waals surface area contributed by atoms with E-state index in [1.165, 1.54) is 5.57 Å². The second kappa shape index (κ2) is 23.3. The van der Waals surface area contributed by atoms with E-state index >= 15 is 0 Å². The average Bonchev–Trinajstić information content (AvgIpc) is 4.09. The van der Waals surface area contributed by atoms with E-state index in [9.17, 15) is 24.0 Å². The molecule has 0 aromatic heterocycles. The number of methoxy groups -OCH3 is 1. The number of amides is 4. The Bertz CT molecular complexity index is 1440. The van der Waals surface area contributed by atoms with Gasteiger partial charge in [0.05, 0.1) is 64.2 Å². The monoisotopic (exact) mass is 789 g/mol. The van der Waals surface area contributed by atoms with Crippen LogP contribution in [0.15, 0.2) is 42.0 Å². The van der Waals surface area contributed by atoms with Crippen molar-refractivity contribution in [1.29, 1.82) is 0 Å². The van der Waals surface area contributed by atoms with Crippen LogP contribution in [0.4, 0.5) is 4.79 Å². The maximum Gasteiger partial charge on any atom is 0.407 e. The van der Waals surface area contributed by atoms with Crippen molar-refractivity contribution in [3.05, 3.63) is 47.5 Å². The van der Waals surface area contributed by atoms with Gasteiger partial charge < -0.3 is 59.8 Å². The zero-order chi connectivity index (χ0) is 39.7. The third kappa shape index (κ3) is 14.5. The number of carbonyl (C=O) groups is 5. The van der Waals surface area contributed by atoms with Crippen LogP contribution in [0.25, 0.3) is 0 Å². The summed E-state index contributed by atoms with van der Waals surface area (Å²) in [6.07, 6.45) is 4.25. The molecule has 3 unspecified atom stereocenters. The van der Waals surface area contributed by atoms with Gasteiger partial charge in [0.25, 0.3) is 0 Å². The molecule has 314 valence electrons. The molecule has 0 radical (unpaired) electrons. The topological polar surface area (TPSA) is 207 Å². The van der Waals surface area contributed by atoms with Crippen molar-refractivity contribution in [3.63, 3.8) is 0 Å². The SMILES string of the molecule is C.COC1C(OC(=O)NCCOCCOCCNC(=O)CCN[C@@H](Cc2ccccc2)C(=O)NCC(=O)NCC=O)CC[C@]2(CO2)C1[C@@]1(C)O[C@@H]1CC=C(C)C. The van der Waals surface area contributed by atoms with Gasteiger partial charge in [-0.05, 0) is 52.0 Å². The highest BCUT2D eigenvalue weighted by atomic mass is 16.6. The predicted molar refractivity (Wildman–Crippen MR) is 208 cm³/mol. The number of nitrogens with one attached hydrogen (secondary N) is 5. The number of rotatable bonds is 25. The molecule has 16 heteroatoms. The van der Waals surface area contributed by atoms with Gasteiger partial charge in [-0.3, -0.25) is 14.4 Å². The third-order valence-electron chi connectivity index (χ3n) is 10.1. The molecule has 56 heavy (non-hydrogen) atoms. The van der Waals surface area contributed by atoms with Gasteiger partial charge in [-0.15, -0.1) is 0 Å². The smallest absolute Gasteiger partial charge is 0.407 e. The number of epoxide rings is 2. The maximum absolute atomic E-state index is 12.8. The Kier molecular flexibility index (Phi) is 19.4. The van der Waals surface area contributed by atoms with Crippen LogP contribution in [0.3, 0.4) is 0 Å². The van der Waals surface area contributed by atoms with Crippen molar-refractivity contribution in [1.82, 2.24) is 26.6 Å². The number of aldehydes is 1. The lowest BCUT2D eigenvalue weighted by molar-refractivity contribution is -0.127. The molecule has 2 saturated heterocycles. The Labute approximate surface area is 330 Å². The second-order valence-electron chi connectivity index (χ2n) is 14.5. The Hall–Kier alpha value is -3.93. The minimum atomic E-state index is -0.673. The van der Waals surface area contributed by atoms with Crippen LogP contribution in [-0.4, -0.2) is 139 Å². The van der Waals surface area contributed by atoms with Crippen LogP contribution in [0.2, 0.25) is 0 Å². The van der Waals surface area contributed by atoms with Gasteiger partial charge in [-0.2, -0.15) is 0 Å². The van der Waals surface area contributed by atoms with Crippen LogP contribution in [-0.2, 0) is 54.0 Å². The van der Waals surface area contributed by atoms with E-state index in [0.29, 0.717) is 45.5 Å². The van der Waals surface area contributed by atoms with E-state index in [-0.39, 0.29) is 82.9 Å². The highest BCUT2D eigenvalue weighted by molar-refractivity contribution is 5.88. The summed E-state index contributed by atoms with van der Waals surface area (Å²) in [7, 11) is 1.65. The normalized spacial score (nSPS) is 25.1. The zero-order valence-electron chi connectivity index (χ0n) is 32.5. The Morgan fingerprint density at radius 1 is 0.946 bits per heavy atom. The van der Waals surface area contributed by atoms with E-state index in [4.69, 9.17) is 28.4 Å². The summed E-state index contributed by atoms with van der Waals surface area (Å²) < 4.78 is 35.1. The van der Waals surface area contributed by atoms with E-state index in [0.717, 1.165) is 18.4 Å². The Morgan fingerprint density at radius 2 is 1.64 bits per heavy atom. The molecule has 3 fully saturated rings. The van der Waals surface area contributed by atoms with E-state index in [2.05, 4.69) is 53.4 Å². The van der Waals surface area contributed by atoms with E-state index < -0.39 is 35.7 Å². The highest BCUT2D eigenvalue weighted by Crippen LogP contribution is 2.59. The van der Waals surface area contributed by atoms with Gasteiger partial charge >= 0.3 is 6.09 Å². The first kappa shape index (κ1) is 46.5. The summed E-state index contributed by atoms with van der Waals surface area (Å²) >= 11 is 0. The number of carbonyl (C=O) groups excluding carboxylic acids is 5. The molecule has 4 amide bonds. The van der Waals surface area contributed by atoms with Gasteiger partial charge in [-0.1, -0.05) is 49.4 Å². The van der Waals surface area contributed by atoms with E-state index in [1.54, 1.807) is 7.11 Å². The molecule has 1 aliphatic carbocycles. The Morgan fingerprint density at radius 3 is 2.29 bits per heavy atom. The zero-order valence-corrected chi connectivity index (χ0v) is 32.5. The quantitative estimate of drug-likeness (QED) is 0.0415. The number of alkyl carbamates (subject to hydrolysis) is 1. The molecule has 3 aliphatic rings. The lowest BCUT2D eigenvalue weighted by atomic mass is 9.68. The van der Waals surface area contributed by atoms with Crippen molar-refractivity contribution in [2.75, 3.05) is 72.9 Å². The largest absolute Gasteiger partial charge is 0.443 e. The van der Waals surface area contributed by atoms with Crippen molar-refractivity contribution >= 4 is 30.1 Å². The lowest BCUT2D eigenvalue weighted by Gasteiger charge is -2.42. The first-order valence-electron chi connectivity index (χ1n) is 19.1. The van der Waals surface area contributed by atoms with Crippen molar-refractivity contribution < 1.29 is 52.4 Å².